The summed E-state index contributed by atoms with van der Waals surface area (Å²) in [6.45, 7) is 2.72. The van der Waals surface area contributed by atoms with E-state index >= 15 is 0 Å². The van der Waals surface area contributed by atoms with Gasteiger partial charge in [0.1, 0.15) is 11.9 Å². The van der Waals surface area contributed by atoms with Crippen molar-refractivity contribution in [3.63, 3.8) is 0 Å². The van der Waals surface area contributed by atoms with Crippen LogP contribution < -0.4 is 10.6 Å². The van der Waals surface area contributed by atoms with Crippen molar-refractivity contribution in [1.29, 1.82) is 0 Å². The number of rotatable bonds is 13. The molecule has 1 amide bonds. The monoisotopic (exact) mass is 428 g/mol. The van der Waals surface area contributed by atoms with Crippen LogP contribution in [0.15, 0.2) is 12.1 Å². The number of hydrogen-bond donors (Lipinski definition) is 3. The van der Waals surface area contributed by atoms with E-state index in [1.54, 1.807) is 0 Å². The Hall–Kier alpha value is -2.15. The number of aliphatic carboxylic acids is 1. The highest BCUT2D eigenvalue weighted by Crippen LogP contribution is 2.32. The molecule has 1 aromatic rings. The van der Waals surface area contributed by atoms with Crippen molar-refractivity contribution in [1.82, 2.24) is 15.2 Å². The number of aryl methyl sites for hydroxylation is 2. The Morgan fingerprint density at radius 3 is 2.77 bits per heavy atom. The average Bonchev–Trinajstić information content (AvgIpc) is 3.67. The van der Waals surface area contributed by atoms with Crippen molar-refractivity contribution in [2.24, 2.45) is 5.92 Å². The van der Waals surface area contributed by atoms with Crippen molar-refractivity contribution in [2.45, 2.75) is 82.7 Å². The fourth-order valence-electron chi connectivity index (χ4n) is 4.44. The van der Waals surface area contributed by atoms with Gasteiger partial charge >= 0.3 is 5.97 Å². The highest BCUT2D eigenvalue weighted by Gasteiger charge is 2.31. The predicted octanol–water partition coefficient (Wildman–Crippen LogP) is 2.99. The number of carboxylic acids is 1. The molecule has 3 N–H and O–H groups in total. The molecule has 7 nitrogen and oxygen atoms in total. The van der Waals surface area contributed by atoms with E-state index in [-0.39, 0.29) is 5.91 Å². The first kappa shape index (κ1) is 22.1. The standard InChI is InChI=1S/C24H36N4O3/c29-22(16-17-6-7-17)27-21(24(30)31)12-15-28(20-10-11-20)14-2-1-5-19-9-8-18-4-3-13-25-23(18)26-19/h8-9,17,20-21H,1-7,10-16H2,(H,25,26)(H,27,29)(H,30,31). The minimum absolute atomic E-state index is 0.111. The zero-order chi connectivity index (χ0) is 21.6. The lowest BCUT2D eigenvalue weighted by atomic mass is 10.1. The second-order valence-electron chi connectivity index (χ2n) is 9.46. The van der Waals surface area contributed by atoms with E-state index in [0.29, 0.717) is 24.8 Å². The lowest BCUT2D eigenvalue weighted by Crippen LogP contribution is -2.43. The van der Waals surface area contributed by atoms with E-state index < -0.39 is 12.0 Å². The van der Waals surface area contributed by atoms with Gasteiger partial charge in [-0.15, -0.1) is 0 Å². The van der Waals surface area contributed by atoms with Gasteiger partial charge in [-0.05, 0) is 88.3 Å². The highest BCUT2D eigenvalue weighted by atomic mass is 16.4. The minimum Gasteiger partial charge on any atom is -0.480 e. The lowest BCUT2D eigenvalue weighted by molar-refractivity contribution is -0.142. The largest absolute Gasteiger partial charge is 0.480 e. The maximum absolute atomic E-state index is 12.0. The third-order valence-electron chi connectivity index (χ3n) is 6.65. The van der Waals surface area contributed by atoms with Crippen LogP contribution in [-0.4, -0.2) is 58.6 Å². The van der Waals surface area contributed by atoms with E-state index in [9.17, 15) is 14.7 Å². The van der Waals surface area contributed by atoms with Crippen LogP contribution in [0.3, 0.4) is 0 Å². The molecule has 31 heavy (non-hydrogen) atoms. The molecule has 0 bridgehead atoms. The number of carbonyl (C=O) groups is 2. The van der Waals surface area contributed by atoms with Gasteiger partial charge in [-0.25, -0.2) is 9.78 Å². The Bertz CT molecular complexity index is 776. The van der Waals surface area contributed by atoms with Gasteiger partial charge in [0.25, 0.3) is 0 Å². The molecule has 1 aromatic heterocycles. The van der Waals surface area contributed by atoms with Crippen LogP contribution in [0.5, 0.6) is 0 Å². The van der Waals surface area contributed by atoms with Crippen LogP contribution in [-0.2, 0) is 22.4 Å². The first-order valence-electron chi connectivity index (χ1n) is 12.1. The summed E-state index contributed by atoms with van der Waals surface area (Å²) < 4.78 is 0. The topological polar surface area (TPSA) is 94.6 Å². The van der Waals surface area contributed by atoms with Crippen molar-refractivity contribution in [2.75, 3.05) is 25.0 Å². The van der Waals surface area contributed by atoms with Crippen LogP contribution in [0.1, 0.15) is 69.0 Å². The molecule has 0 spiro atoms. The van der Waals surface area contributed by atoms with Crippen molar-refractivity contribution < 1.29 is 14.7 Å². The van der Waals surface area contributed by atoms with E-state index in [0.717, 1.165) is 69.7 Å². The molecule has 2 heterocycles. The first-order chi connectivity index (χ1) is 15.1. The van der Waals surface area contributed by atoms with Gasteiger partial charge in [0.2, 0.25) is 5.91 Å². The van der Waals surface area contributed by atoms with Gasteiger partial charge in [-0.3, -0.25) is 4.79 Å². The number of unbranched alkanes of at least 4 members (excludes halogenated alkanes) is 1. The number of fused-ring (bicyclic) bond motifs is 1. The number of aromatic nitrogens is 1. The molecule has 0 saturated heterocycles. The molecule has 1 unspecified atom stereocenters. The van der Waals surface area contributed by atoms with Gasteiger partial charge in [0.05, 0.1) is 0 Å². The molecule has 0 radical (unpaired) electrons. The molecule has 7 heteroatoms. The second-order valence-corrected chi connectivity index (χ2v) is 9.46. The van der Waals surface area contributed by atoms with Crippen LogP contribution in [0.25, 0.3) is 0 Å². The van der Waals surface area contributed by atoms with E-state index in [4.69, 9.17) is 4.98 Å². The molecule has 170 valence electrons. The summed E-state index contributed by atoms with van der Waals surface area (Å²) in [6, 6.07) is 4.18. The number of nitrogens with one attached hydrogen (secondary N) is 2. The number of anilines is 1. The van der Waals surface area contributed by atoms with Gasteiger partial charge in [0.15, 0.2) is 0 Å². The summed E-state index contributed by atoms with van der Waals surface area (Å²) in [5.74, 6) is 0.497. The highest BCUT2D eigenvalue weighted by molar-refractivity contribution is 5.83. The third kappa shape index (κ3) is 6.92. The van der Waals surface area contributed by atoms with E-state index in [1.165, 1.54) is 24.8 Å². The Balaban J connectivity index is 1.19. The normalized spacial score (nSPS) is 18.9. The summed E-state index contributed by atoms with van der Waals surface area (Å²) >= 11 is 0. The maximum Gasteiger partial charge on any atom is 0.326 e. The minimum atomic E-state index is -0.924. The van der Waals surface area contributed by atoms with E-state index in [2.05, 4.69) is 27.7 Å². The van der Waals surface area contributed by atoms with Gasteiger partial charge in [0, 0.05) is 31.2 Å². The summed E-state index contributed by atoms with van der Waals surface area (Å²) in [4.78, 5) is 30.8. The molecule has 0 aromatic carbocycles. The summed E-state index contributed by atoms with van der Waals surface area (Å²) in [5.41, 5.74) is 2.47. The Morgan fingerprint density at radius 1 is 1.19 bits per heavy atom. The second kappa shape index (κ2) is 10.4. The third-order valence-corrected chi connectivity index (χ3v) is 6.65. The van der Waals surface area contributed by atoms with Gasteiger partial charge < -0.3 is 20.6 Å². The fourth-order valence-corrected chi connectivity index (χ4v) is 4.44. The van der Waals surface area contributed by atoms with Crippen molar-refractivity contribution in [3.8, 4) is 0 Å². The Morgan fingerprint density at radius 2 is 2.03 bits per heavy atom. The van der Waals surface area contributed by atoms with Crippen molar-refractivity contribution >= 4 is 17.7 Å². The quantitative estimate of drug-likeness (QED) is 0.418. The van der Waals surface area contributed by atoms with E-state index in [1.807, 2.05) is 0 Å². The molecule has 3 aliphatic rings. The predicted molar refractivity (Wildman–Crippen MR) is 120 cm³/mol. The number of amides is 1. The van der Waals surface area contributed by atoms with Crippen LogP contribution in [0.2, 0.25) is 0 Å². The summed E-state index contributed by atoms with van der Waals surface area (Å²) in [5, 5.41) is 15.7. The molecule has 2 fully saturated rings. The molecular weight excluding hydrogens is 392 g/mol. The molecule has 1 aliphatic heterocycles. The van der Waals surface area contributed by atoms with Crippen molar-refractivity contribution in [3.05, 3.63) is 23.4 Å². The van der Waals surface area contributed by atoms with Gasteiger partial charge in [-0.2, -0.15) is 0 Å². The average molecular weight is 429 g/mol. The molecule has 2 saturated carbocycles. The van der Waals surface area contributed by atoms with Gasteiger partial charge in [-0.1, -0.05) is 6.07 Å². The maximum atomic E-state index is 12.0. The number of hydrogen-bond acceptors (Lipinski definition) is 5. The lowest BCUT2D eigenvalue weighted by Gasteiger charge is -2.24. The smallest absolute Gasteiger partial charge is 0.326 e. The Kier molecular flexibility index (Phi) is 7.43. The molecular formula is C24H36N4O3. The molecule has 4 rings (SSSR count). The first-order valence-corrected chi connectivity index (χ1v) is 12.1. The van der Waals surface area contributed by atoms with Crippen LogP contribution in [0, 0.1) is 5.92 Å². The number of carbonyl (C=O) groups excluding carboxylic acids is 1. The molecule has 2 aliphatic carbocycles. The fraction of sp³-hybridized carbons (Fsp3) is 0.708. The molecule has 1 atom stereocenters. The Labute approximate surface area is 185 Å². The SMILES string of the molecule is O=C(CC1CC1)NC(CCN(CCCCc1ccc2c(n1)NCCC2)C1CC1)C(=O)O. The van der Waals surface area contributed by atoms with Crippen LogP contribution >= 0.6 is 0 Å². The summed E-state index contributed by atoms with van der Waals surface area (Å²) in [7, 11) is 0. The zero-order valence-electron chi connectivity index (χ0n) is 18.4. The number of pyridine rings is 1. The van der Waals surface area contributed by atoms with Crippen LogP contribution in [0.4, 0.5) is 5.82 Å². The summed E-state index contributed by atoms with van der Waals surface area (Å²) in [6.07, 6.45) is 11.0. The zero-order valence-corrected chi connectivity index (χ0v) is 18.4. The number of carboxylic acid groups (broad SMARTS) is 1. The number of nitrogens with zero attached hydrogens (tertiary/aromatic N) is 2.